The molecule has 140 valence electrons. The molecule has 0 spiro atoms. The number of hydrogen-bond acceptors (Lipinski definition) is 4. The lowest BCUT2D eigenvalue weighted by atomic mass is 10.2. The Morgan fingerprint density at radius 2 is 2.04 bits per heavy atom. The Bertz CT molecular complexity index is 999. The van der Waals surface area contributed by atoms with Gasteiger partial charge in [0, 0.05) is 30.4 Å². The molecule has 8 heteroatoms. The fourth-order valence-electron chi connectivity index (χ4n) is 2.71. The zero-order chi connectivity index (χ0) is 19.6. The third kappa shape index (κ3) is 4.11. The summed E-state index contributed by atoms with van der Waals surface area (Å²) in [5.74, 6) is -1.20. The van der Waals surface area contributed by atoms with Gasteiger partial charge in [-0.15, -0.1) is 0 Å². The second-order valence-corrected chi connectivity index (χ2v) is 6.54. The van der Waals surface area contributed by atoms with E-state index in [0.29, 0.717) is 16.9 Å². The van der Waals surface area contributed by atoms with Crippen LogP contribution in [0.2, 0.25) is 0 Å². The number of pyridine rings is 1. The van der Waals surface area contributed by atoms with Crippen LogP contribution < -0.4 is 5.32 Å². The highest BCUT2D eigenvalue weighted by Crippen LogP contribution is 2.17. The van der Waals surface area contributed by atoms with Crippen LogP contribution in [0.25, 0.3) is 11.0 Å². The van der Waals surface area contributed by atoms with Crippen LogP contribution in [-0.2, 0) is 4.79 Å². The zero-order valence-corrected chi connectivity index (χ0v) is 15.3. The maximum absolute atomic E-state index is 13.2. The average molecular weight is 369 g/mol. The molecule has 2 aromatic heterocycles. The molecule has 0 saturated carbocycles. The van der Waals surface area contributed by atoms with Crippen LogP contribution in [0.4, 0.5) is 10.1 Å². The lowest BCUT2D eigenvalue weighted by Crippen LogP contribution is -2.35. The quantitative estimate of drug-likeness (QED) is 0.750. The summed E-state index contributed by atoms with van der Waals surface area (Å²) in [5.41, 5.74) is 1.41. The lowest BCUT2D eigenvalue weighted by Gasteiger charge is -2.17. The van der Waals surface area contributed by atoms with E-state index in [1.54, 1.807) is 23.0 Å². The average Bonchev–Trinajstić information content (AvgIpc) is 3.04. The first-order valence-corrected chi connectivity index (χ1v) is 8.49. The van der Waals surface area contributed by atoms with Crippen molar-refractivity contribution in [2.45, 2.75) is 19.9 Å². The Hall–Kier alpha value is -3.29. The molecule has 1 N–H and O–H groups in total. The van der Waals surface area contributed by atoms with Gasteiger partial charge in [0.05, 0.1) is 18.3 Å². The van der Waals surface area contributed by atoms with Crippen molar-refractivity contribution >= 4 is 28.5 Å². The Balaban J connectivity index is 1.69. The van der Waals surface area contributed by atoms with E-state index in [2.05, 4.69) is 15.4 Å². The molecule has 0 unspecified atom stereocenters. The second-order valence-electron chi connectivity index (χ2n) is 6.54. The van der Waals surface area contributed by atoms with E-state index >= 15 is 0 Å². The fraction of sp³-hybridized carbons (Fsp3) is 0.263. The SMILES string of the molecule is CC(C)n1ncc2cc(C(=O)N(C)CC(=O)Nc3cccc(F)c3)cnc21. The Morgan fingerprint density at radius 3 is 2.74 bits per heavy atom. The number of rotatable bonds is 5. The van der Waals surface area contributed by atoms with Gasteiger partial charge in [-0.2, -0.15) is 5.10 Å². The van der Waals surface area contributed by atoms with Gasteiger partial charge in [0.1, 0.15) is 5.82 Å². The minimum absolute atomic E-state index is 0.158. The molecule has 3 aromatic rings. The van der Waals surface area contributed by atoms with Crippen LogP contribution >= 0.6 is 0 Å². The van der Waals surface area contributed by atoms with E-state index in [1.807, 2.05) is 13.8 Å². The van der Waals surface area contributed by atoms with Crippen molar-refractivity contribution in [3.05, 3.63) is 54.1 Å². The summed E-state index contributed by atoms with van der Waals surface area (Å²) in [6, 6.07) is 7.44. The highest BCUT2D eigenvalue weighted by Gasteiger charge is 2.17. The molecule has 0 aliphatic heterocycles. The molecule has 2 heterocycles. The van der Waals surface area contributed by atoms with Crippen molar-refractivity contribution in [2.24, 2.45) is 0 Å². The van der Waals surface area contributed by atoms with Gasteiger partial charge in [-0.25, -0.2) is 14.1 Å². The van der Waals surface area contributed by atoms with Gasteiger partial charge in [-0.05, 0) is 38.1 Å². The van der Waals surface area contributed by atoms with Gasteiger partial charge >= 0.3 is 0 Å². The molecule has 27 heavy (non-hydrogen) atoms. The first kappa shape index (κ1) is 18.5. The lowest BCUT2D eigenvalue weighted by molar-refractivity contribution is -0.116. The molecule has 0 fully saturated rings. The van der Waals surface area contributed by atoms with Gasteiger partial charge in [-0.1, -0.05) is 6.07 Å². The zero-order valence-electron chi connectivity index (χ0n) is 15.3. The van der Waals surface area contributed by atoms with E-state index in [0.717, 1.165) is 5.39 Å². The predicted molar refractivity (Wildman–Crippen MR) is 99.9 cm³/mol. The summed E-state index contributed by atoms with van der Waals surface area (Å²) in [6.07, 6.45) is 3.14. The van der Waals surface area contributed by atoms with Crippen LogP contribution in [0.1, 0.15) is 30.2 Å². The van der Waals surface area contributed by atoms with E-state index < -0.39 is 11.7 Å². The highest BCUT2D eigenvalue weighted by atomic mass is 19.1. The molecular formula is C19H20FN5O2. The number of fused-ring (bicyclic) bond motifs is 1. The number of carbonyl (C=O) groups is 2. The van der Waals surface area contributed by atoms with Crippen LogP contribution in [0.5, 0.6) is 0 Å². The number of nitrogens with one attached hydrogen (secondary N) is 1. The Morgan fingerprint density at radius 1 is 1.26 bits per heavy atom. The van der Waals surface area contributed by atoms with Gasteiger partial charge in [-0.3, -0.25) is 9.59 Å². The second kappa shape index (κ2) is 7.53. The summed E-state index contributed by atoms with van der Waals surface area (Å²) in [4.78, 5) is 30.3. The normalized spacial score (nSPS) is 11.0. The van der Waals surface area contributed by atoms with E-state index in [4.69, 9.17) is 0 Å². The monoisotopic (exact) mass is 369 g/mol. The number of hydrogen-bond donors (Lipinski definition) is 1. The Labute approximate surface area is 155 Å². The summed E-state index contributed by atoms with van der Waals surface area (Å²) in [5, 5.41) is 7.60. The number of halogens is 1. The molecular weight excluding hydrogens is 349 g/mol. The number of likely N-dealkylation sites (N-methyl/N-ethyl adjacent to an activating group) is 1. The number of benzene rings is 1. The molecule has 2 amide bonds. The molecule has 3 rings (SSSR count). The van der Waals surface area contributed by atoms with Crippen molar-refractivity contribution in [1.29, 1.82) is 0 Å². The molecule has 0 bridgehead atoms. The molecule has 1 aromatic carbocycles. The third-order valence-corrected chi connectivity index (χ3v) is 4.01. The molecule has 0 radical (unpaired) electrons. The maximum Gasteiger partial charge on any atom is 0.255 e. The summed E-state index contributed by atoms with van der Waals surface area (Å²) in [6.45, 7) is 3.83. The van der Waals surface area contributed by atoms with Crippen molar-refractivity contribution in [3.63, 3.8) is 0 Å². The predicted octanol–water partition coefficient (Wildman–Crippen LogP) is 2.86. The minimum atomic E-state index is -0.446. The van der Waals surface area contributed by atoms with Gasteiger partial charge in [0.2, 0.25) is 5.91 Å². The number of amides is 2. The summed E-state index contributed by atoms with van der Waals surface area (Å²) < 4.78 is 15.0. The molecule has 0 aliphatic rings. The number of aromatic nitrogens is 3. The molecule has 0 aliphatic carbocycles. The maximum atomic E-state index is 13.2. The van der Waals surface area contributed by atoms with Crippen LogP contribution in [-0.4, -0.2) is 45.1 Å². The smallest absolute Gasteiger partial charge is 0.255 e. The van der Waals surface area contributed by atoms with E-state index in [9.17, 15) is 14.0 Å². The molecule has 0 saturated heterocycles. The number of carbonyl (C=O) groups excluding carboxylic acids is 2. The van der Waals surface area contributed by atoms with E-state index in [1.165, 1.54) is 36.3 Å². The third-order valence-electron chi connectivity index (χ3n) is 4.01. The van der Waals surface area contributed by atoms with Gasteiger partial charge in [0.15, 0.2) is 5.65 Å². The topological polar surface area (TPSA) is 80.1 Å². The van der Waals surface area contributed by atoms with Crippen molar-refractivity contribution < 1.29 is 14.0 Å². The van der Waals surface area contributed by atoms with E-state index in [-0.39, 0.29) is 18.5 Å². The van der Waals surface area contributed by atoms with Crippen molar-refractivity contribution in [3.8, 4) is 0 Å². The standard InChI is InChI=1S/C19H20FN5O2/c1-12(2)25-18-13(10-22-25)7-14(9-21-18)19(27)24(3)11-17(26)23-16-6-4-5-15(20)8-16/h4-10,12H,11H2,1-3H3,(H,23,26). The first-order chi connectivity index (χ1) is 12.8. The number of nitrogens with zero attached hydrogens (tertiary/aromatic N) is 4. The summed E-state index contributed by atoms with van der Waals surface area (Å²) in [7, 11) is 1.52. The summed E-state index contributed by atoms with van der Waals surface area (Å²) >= 11 is 0. The molecule has 0 atom stereocenters. The minimum Gasteiger partial charge on any atom is -0.332 e. The number of anilines is 1. The molecule has 7 nitrogen and oxygen atoms in total. The fourth-order valence-corrected chi connectivity index (χ4v) is 2.71. The van der Waals surface area contributed by atoms with Crippen LogP contribution in [0.3, 0.4) is 0 Å². The van der Waals surface area contributed by atoms with Gasteiger partial charge < -0.3 is 10.2 Å². The van der Waals surface area contributed by atoms with Gasteiger partial charge in [0.25, 0.3) is 5.91 Å². The highest BCUT2D eigenvalue weighted by molar-refractivity contribution is 6.00. The van der Waals surface area contributed by atoms with Crippen molar-refractivity contribution in [2.75, 3.05) is 18.9 Å². The Kier molecular flexibility index (Phi) is 5.16. The van der Waals surface area contributed by atoms with Crippen molar-refractivity contribution in [1.82, 2.24) is 19.7 Å². The van der Waals surface area contributed by atoms with Crippen LogP contribution in [0.15, 0.2) is 42.7 Å². The van der Waals surface area contributed by atoms with Crippen LogP contribution in [0, 0.1) is 5.82 Å². The first-order valence-electron chi connectivity index (χ1n) is 8.49. The largest absolute Gasteiger partial charge is 0.332 e.